The van der Waals surface area contributed by atoms with Crippen molar-refractivity contribution in [1.82, 2.24) is 5.32 Å². The van der Waals surface area contributed by atoms with E-state index in [1.807, 2.05) is 13.0 Å². The SMILES string of the molecule is Cc1ccc([N+](=O)[O-])c(CNCC2CCCCC2)c1. The maximum Gasteiger partial charge on any atom is 0.273 e. The zero-order valence-electron chi connectivity index (χ0n) is 11.5. The van der Waals surface area contributed by atoms with Crippen LogP contribution in [0.2, 0.25) is 0 Å². The summed E-state index contributed by atoms with van der Waals surface area (Å²) in [5, 5.41) is 14.4. The Morgan fingerprint density at radius 3 is 2.74 bits per heavy atom. The van der Waals surface area contributed by atoms with Gasteiger partial charge in [-0.2, -0.15) is 0 Å². The number of nitrogens with zero attached hydrogens (tertiary/aromatic N) is 1. The van der Waals surface area contributed by atoms with Crippen LogP contribution < -0.4 is 5.32 Å². The van der Waals surface area contributed by atoms with E-state index in [2.05, 4.69) is 5.32 Å². The van der Waals surface area contributed by atoms with E-state index in [4.69, 9.17) is 0 Å². The first-order valence-corrected chi connectivity index (χ1v) is 7.11. The third-order valence-electron chi connectivity index (χ3n) is 3.90. The lowest BCUT2D eigenvalue weighted by Crippen LogP contribution is -2.24. The standard InChI is InChI=1S/C15H22N2O2/c1-12-7-8-15(17(18)19)14(9-12)11-16-10-13-5-3-2-4-6-13/h7-9,13,16H,2-6,10-11H2,1H3. The number of hydrogen-bond donors (Lipinski definition) is 1. The van der Waals surface area contributed by atoms with Crippen molar-refractivity contribution in [3.05, 3.63) is 39.4 Å². The Labute approximate surface area is 114 Å². The molecule has 0 bridgehead atoms. The lowest BCUT2D eigenvalue weighted by atomic mass is 9.89. The lowest BCUT2D eigenvalue weighted by molar-refractivity contribution is -0.385. The fraction of sp³-hybridized carbons (Fsp3) is 0.600. The third-order valence-corrected chi connectivity index (χ3v) is 3.90. The van der Waals surface area contributed by atoms with E-state index in [0.29, 0.717) is 6.54 Å². The molecule has 1 aliphatic rings. The number of aryl methyl sites for hydroxylation is 1. The number of hydrogen-bond acceptors (Lipinski definition) is 3. The van der Waals surface area contributed by atoms with E-state index in [9.17, 15) is 10.1 Å². The molecule has 0 radical (unpaired) electrons. The molecule has 19 heavy (non-hydrogen) atoms. The molecule has 0 saturated heterocycles. The summed E-state index contributed by atoms with van der Waals surface area (Å²) in [5.74, 6) is 0.748. The van der Waals surface area contributed by atoms with Crippen molar-refractivity contribution in [3.63, 3.8) is 0 Å². The van der Waals surface area contributed by atoms with E-state index in [-0.39, 0.29) is 10.6 Å². The molecule has 1 aromatic rings. The minimum atomic E-state index is -0.295. The van der Waals surface area contributed by atoms with Crippen molar-refractivity contribution in [2.75, 3.05) is 6.54 Å². The van der Waals surface area contributed by atoms with E-state index in [1.165, 1.54) is 32.1 Å². The van der Waals surface area contributed by atoms with Gasteiger partial charge in [-0.1, -0.05) is 30.9 Å². The molecular formula is C15H22N2O2. The first-order valence-electron chi connectivity index (χ1n) is 7.11. The second-order valence-corrected chi connectivity index (χ2v) is 5.52. The second kappa shape index (κ2) is 6.66. The molecule has 0 atom stereocenters. The topological polar surface area (TPSA) is 55.2 Å². The van der Waals surface area contributed by atoms with Crippen molar-refractivity contribution in [2.45, 2.75) is 45.6 Å². The van der Waals surface area contributed by atoms with Crippen LogP contribution in [0.5, 0.6) is 0 Å². The number of nitrogens with one attached hydrogen (secondary N) is 1. The number of nitro groups is 1. The van der Waals surface area contributed by atoms with Gasteiger partial charge in [0.1, 0.15) is 0 Å². The zero-order chi connectivity index (χ0) is 13.7. The minimum absolute atomic E-state index is 0.224. The summed E-state index contributed by atoms with van der Waals surface area (Å²) in [6.45, 7) is 3.54. The van der Waals surface area contributed by atoms with Gasteiger partial charge in [0, 0.05) is 18.2 Å². The zero-order valence-corrected chi connectivity index (χ0v) is 11.5. The number of rotatable bonds is 5. The summed E-state index contributed by atoms with van der Waals surface area (Å²) in [6.07, 6.45) is 6.61. The summed E-state index contributed by atoms with van der Waals surface area (Å²) in [7, 11) is 0. The van der Waals surface area contributed by atoms with Crippen LogP contribution in [-0.2, 0) is 6.54 Å². The highest BCUT2D eigenvalue weighted by Crippen LogP contribution is 2.23. The first-order chi connectivity index (χ1) is 9.16. The van der Waals surface area contributed by atoms with Gasteiger partial charge in [-0.3, -0.25) is 10.1 Å². The minimum Gasteiger partial charge on any atom is -0.312 e. The number of benzene rings is 1. The molecule has 1 aliphatic carbocycles. The van der Waals surface area contributed by atoms with Crippen LogP contribution in [0.4, 0.5) is 5.69 Å². The highest BCUT2D eigenvalue weighted by atomic mass is 16.6. The number of nitro benzene ring substituents is 1. The Morgan fingerprint density at radius 1 is 1.32 bits per heavy atom. The maximum atomic E-state index is 11.0. The molecular weight excluding hydrogens is 240 g/mol. The van der Waals surface area contributed by atoms with Gasteiger partial charge >= 0.3 is 0 Å². The van der Waals surface area contributed by atoms with Gasteiger partial charge in [0.25, 0.3) is 5.69 Å². The highest BCUT2D eigenvalue weighted by Gasteiger charge is 2.15. The molecule has 0 heterocycles. The summed E-state index contributed by atoms with van der Waals surface area (Å²) >= 11 is 0. The van der Waals surface area contributed by atoms with Crippen LogP contribution in [-0.4, -0.2) is 11.5 Å². The van der Waals surface area contributed by atoms with Crippen LogP contribution in [0.15, 0.2) is 18.2 Å². The Kier molecular flexibility index (Phi) is 4.91. The molecule has 4 heteroatoms. The molecule has 0 unspecified atom stereocenters. The lowest BCUT2D eigenvalue weighted by Gasteiger charge is -2.21. The van der Waals surface area contributed by atoms with Gasteiger partial charge in [-0.25, -0.2) is 0 Å². The van der Waals surface area contributed by atoms with Crippen molar-refractivity contribution in [2.24, 2.45) is 5.92 Å². The molecule has 0 amide bonds. The summed E-state index contributed by atoms with van der Waals surface area (Å²) in [4.78, 5) is 10.7. The molecule has 1 fully saturated rings. The van der Waals surface area contributed by atoms with Crippen molar-refractivity contribution < 1.29 is 4.92 Å². The van der Waals surface area contributed by atoms with Gasteiger partial charge in [0.2, 0.25) is 0 Å². The molecule has 1 N–H and O–H groups in total. The highest BCUT2D eigenvalue weighted by molar-refractivity contribution is 5.42. The first kappa shape index (κ1) is 14.0. The van der Waals surface area contributed by atoms with Crippen LogP contribution in [0.3, 0.4) is 0 Å². The van der Waals surface area contributed by atoms with Crippen molar-refractivity contribution >= 4 is 5.69 Å². The van der Waals surface area contributed by atoms with Crippen LogP contribution in [0.1, 0.15) is 43.2 Å². The smallest absolute Gasteiger partial charge is 0.273 e. The van der Waals surface area contributed by atoms with Gasteiger partial charge < -0.3 is 5.32 Å². The fourth-order valence-electron chi connectivity index (χ4n) is 2.84. The second-order valence-electron chi connectivity index (χ2n) is 5.52. The van der Waals surface area contributed by atoms with Gasteiger partial charge in [0.15, 0.2) is 0 Å². The van der Waals surface area contributed by atoms with Gasteiger partial charge in [-0.05, 0) is 38.3 Å². The molecule has 4 nitrogen and oxygen atoms in total. The summed E-state index contributed by atoms with van der Waals surface area (Å²) in [5.41, 5.74) is 2.09. The quantitative estimate of drug-likeness (QED) is 0.652. The summed E-state index contributed by atoms with van der Waals surface area (Å²) in [6, 6.07) is 5.31. The molecule has 0 spiro atoms. The molecule has 104 valence electrons. The molecule has 0 aromatic heterocycles. The van der Waals surface area contributed by atoms with Gasteiger partial charge in [0.05, 0.1) is 4.92 Å². The van der Waals surface area contributed by atoms with Crippen molar-refractivity contribution in [3.8, 4) is 0 Å². The Morgan fingerprint density at radius 2 is 2.05 bits per heavy atom. The average Bonchev–Trinajstić information content (AvgIpc) is 2.39. The largest absolute Gasteiger partial charge is 0.312 e. The van der Waals surface area contributed by atoms with E-state index < -0.39 is 0 Å². The average molecular weight is 262 g/mol. The normalized spacial score (nSPS) is 16.5. The van der Waals surface area contributed by atoms with Crippen LogP contribution in [0.25, 0.3) is 0 Å². The Bertz CT molecular complexity index is 440. The molecule has 1 saturated carbocycles. The van der Waals surface area contributed by atoms with Crippen molar-refractivity contribution in [1.29, 1.82) is 0 Å². The Hall–Kier alpha value is -1.42. The third kappa shape index (κ3) is 4.03. The monoisotopic (exact) mass is 262 g/mol. The maximum absolute atomic E-state index is 11.0. The Balaban J connectivity index is 1.91. The molecule has 0 aliphatic heterocycles. The fourth-order valence-corrected chi connectivity index (χ4v) is 2.84. The van der Waals surface area contributed by atoms with Crippen LogP contribution in [0, 0.1) is 23.0 Å². The van der Waals surface area contributed by atoms with Crippen LogP contribution >= 0.6 is 0 Å². The predicted molar refractivity (Wildman–Crippen MR) is 76.1 cm³/mol. The van der Waals surface area contributed by atoms with E-state index in [1.54, 1.807) is 12.1 Å². The summed E-state index contributed by atoms with van der Waals surface area (Å²) < 4.78 is 0. The van der Waals surface area contributed by atoms with E-state index >= 15 is 0 Å². The van der Waals surface area contributed by atoms with E-state index in [0.717, 1.165) is 23.6 Å². The van der Waals surface area contributed by atoms with Gasteiger partial charge in [-0.15, -0.1) is 0 Å². The molecule has 2 rings (SSSR count). The predicted octanol–water partition coefficient (Wildman–Crippen LogP) is 3.57. The molecule has 1 aromatic carbocycles.